The van der Waals surface area contributed by atoms with Crippen molar-refractivity contribution >= 4 is 36.7 Å². The molecule has 0 saturated heterocycles. The van der Waals surface area contributed by atoms with E-state index in [-0.39, 0.29) is 16.2 Å². The number of hydrogen-bond donors (Lipinski definition) is 0. The zero-order valence-electron chi connectivity index (χ0n) is 15.2. The molecule has 29 heavy (non-hydrogen) atoms. The van der Waals surface area contributed by atoms with Gasteiger partial charge < -0.3 is 9.26 Å². The molecule has 0 N–H and O–H groups in total. The van der Waals surface area contributed by atoms with Gasteiger partial charge in [0.25, 0.3) is 5.56 Å². The zero-order valence-corrected chi connectivity index (χ0v) is 17.6. The van der Waals surface area contributed by atoms with Crippen LogP contribution in [0.4, 0.5) is 0 Å². The molecule has 0 atom stereocenters. The van der Waals surface area contributed by atoms with Crippen LogP contribution in [0.2, 0.25) is 0 Å². The molecule has 2 aromatic heterocycles. The third kappa shape index (κ3) is 3.70. The molecule has 7 nitrogen and oxygen atoms in total. The van der Waals surface area contributed by atoms with Gasteiger partial charge in [0.1, 0.15) is 17.8 Å². The highest BCUT2D eigenvalue weighted by molar-refractivity contribution is 9.10. The van der Waals surface area contributed by atoms with Crippen LogP contribution in [-0.4, -0.2) is 25.3 Å². The number of aromatic nitrogens is 2. The lowest BCUT2D eigenvalue weighted by Gasteiger charge is -2.15. The third-order valence-corrected chi connectivity index (χ3v) is 6.58. The summed E-state index contributed by atoms with van der Waals surface area (Å²) in [5.41, 5.74) is 1.19. The summed E-state index contributed by atoms with van der Waals surface area (Å²) in [5, 5.41) is 4.27. The molecule has 0 fully saturated rings. The highest BCUT2D eigenvalue weighted by Gasteiger charge is 2.19. The Morgan fingerprint density at radius 2 is 1.93 bits per heavy atom. The van der Waals surface area contributed by atoms with Gasteiger partial charge in [0.2, 0.25) is 0 Å². The summed E-state index contributed by atoms with van der Waals surface area (Å²) in [6.07, 6.45) is 1.33. The van der Waals surface area contributed by atoms with Crippen molar-refractivity contribution in [2.24, 2.45) is 0 Å². The number of hydrogen-bond acceptors (Lipinski definition) is 6. The average Bonchev–Trinajstić information content (AvgIpc) is 3.20. The first-order valence-electron chi connectivity index (χ1n) is 8.51. The molecule has 4 aromatic rings. The molecule has 0 radical (unpaired) electrons. The monoisotopic (exact) mass is 474 g/mol. The number of halogens is 1. The molecule has 0 aliphatic rings. The molecule has 0 bridgehead atoms. The maximum absolute atomic E-state index is 12.7. The minimum Gasteiger partial charge on any atom is -0.495 e. The predicted octanol–water partition coefficient (Wildman–Crippen LogP) is 3.72. The van der Waals surface area contributed by atoms with Crippen molar-refractivity contribution < 1.29 is 17.7 Å². The Balaban J connectivity index is 1.88. The third-order valence-electron chi connectivity index (χ3n) is 4.44. The van der Waals surface area contributed by atoms with E-state index in [0.29, 0.717) is 28.0 Å². The maximum atomic E-state index is 12.7. The molecule has 148 valence electrons. The van der Waals surface area contributed by atoms with Gasteiger partial charge in [0, 0.05) is 22.0 Å². The minimum atomic E-state index is -3.62. The van der Waals surface area contributed by atoms with Gasteiger partial charge in [0.05, 0.1) is 28.9 Å². The average molecular weight is 475 g/mol. The van der Waals surface area contributed by atoms with Crippen molar-refractivity contribution in [2.45, 2.75) is 10.6 Å². The smallest absolute Gasteiger partial charge is 0.255 e. The topological polar surface area (TPSA) is 91.4 Å². The van der Waals surface area contributed by atoms with E-state index in [1.165, 1.54) is 36.1 Å². The molecule has 0 spiro atoms. The molecular formula is C20H15BrN2O5S. The normalized spacial score (nSPS) is 11.7. The van der Waals surface area contributed by atoms with Crippen LogP contribution < -0.4 is 10.3 Å². The first-order valence-corrected chi connectivity index (χ1v) is 11.0. The van der Waals surface area contributed by atoms with Gasteiger partial charge in [-0.3, -0.25) is 9.36 Å². The van der Waals surface area contributed by atoms with Gasteiger partial charge in [-0.1, -0.05) is 21.1 Å². The van der Waals surface area contributed by atoms with Crippen LogP contribution in [0.3, 0.4) is 0 Å². The van der Waals surface area contributed by atoms with E-state index >= 15 is 0 Å². The fourth-order valence-corrected chi connectivity index (χ4v) is 4.73. The lowest BCUT2D eigenvalue weighted by molar-refractivity contribution is 0.413. The van der Waals surface area contributed by atoms with Crippen molar-refractivity contribution in [1.29, 1.82) is 0 Å². The zero-order chi connectivity index (χ0) is 20.6. The predicted molar refractivity (Wildman–Crippen MR) is 111 cm³/mol. The summed E-state index contributed by atoms with van der Waals surface area (Å²) in [6, 6.07) is 14.5. The summed E-state index contributed by atoms with van der Waals surface area (Å²) < 4.78 is 37.9. The molecule has 0 aliphatic carbocycles. The lowest BCUT2D eigenvalue weighted by atomic mass is 10.2. The van der Waals surface area contributed by atoms with Crippen LogP contribution in [0.25, 0.3) is 16.6 Å². The van der Waals surface area contributed by atoms with Crippen molar-refractivity contribution in [1.82, 2.24) is 9.72 Å². The fraction of sp³-hybridized carbons (Fsp3) is 0.100. The fourth-order valence-electron chi connectivity index (χ4n) is 3.09. The second-order valence-electron chi connectivity index (χ2n) is 6.29. The summed E-state index contributed by atoms with van der Waals surface area (Å²) in [6.45, 7) is 0. The molecule has 9 heteroatoms. The van der Waals surface area contributed by atoms with Crippen molar-refractivity contribution in [3.63, 3.8) is 0 Å². The summed E-state index contributed by atoms with van der Waals surface area (Å²) >= 11 is 3.41. The summed E-state index contributed by atoms with van der Waals surface area (Å²) in [4.78, 5) is 12.8. The van der Waals surface area contributed by atoms with Gasteiger partial charge in [0.15, 0.2) is 9.84 Å². The van der Waals surface area contributed by atoms with Crippen LogP contribution in [0.5, 0.6) is 5.75 Å². The SMILES string of the molecule is COc1ccc(Br)cc1-n1c(=O)ccc2cc(S(=O)(=O)Cc3ccon3)ccc21. The Hall–Kier alpha value is -2.91. The molecule has 2 aromatic carbocycles. The van der Waals surface area contributed by atoms with E-state index in [0.717, 1.165) is 4.47 Å². The van der Waals surface area contributed by atoms with Crippen molar-refractivity contribution in [2.75, 3.05) is 7.11 Å². The highest BCUT2D eigenvalue weighted by Crippen LogP contribution is 2.29. The Labute approximate surface area is 174 Å². The van der Waals surface area contributed by atoms with Crippen molar-refractivity contribution in [3.8, 4) is 11.4 Å². The number of rotatable bonds is 5. The van der Waals surface area contributed by atoms with E-state index in [4.69, 9.17) is 9.26 Å². The van der Waals surface area contributed by atoms with Crippen LogP contribution >= 0.6 is 15.9 Å². The number of ether oxygens (including phenoxy) is 1. The Morgan fingerprint density at radius 3 is 2.66 bits per heavy atom. The number of pyridine rings is 1. The number of fused-ring (bicyclic) bond motifs is 1. The lowest BCUT2D eigenvalue weighted by Crippen LogP contribution is -2.18. The largest absolute Gasteiger partial charge is 0.495 e. The second kappa shape index (κ2) is 7.49. The number of methoxy groups -OCH3 is 1. The van der Waals surface area contributed by atoms with Crippen LogP contribution in [-0.2, 0) is 15.6 Å². The maximum Gasteiger partial charge on any atom is 0.255 e. The first kappa shape index (κ1) is 19.4. The Bertz CT molecular complexity index is 1360. The highest BCUT2D eigenvalue weighted by atomic mass is 79.9. The van der Waals surface area contributed by atoms with Crippen LogP contribution in [0, 0.1) is 0 Å². The minimum absolute atomic E-state index is 0.138. The van der Waals surface area contributed by atoms with Crippen LogP contribution in [0.15, 0.2) is 79.5 Å². The van der Waals surface area contributed by atoms with E-state index in [2.05, 4.69) is 21.1 Å². The number of benzene rings is 2. The van der Waals surface area contributed by atoms with E-state index in [9.17, 15) is 13.2 Å². The van der Waals surface area contributed by atoms with Crippen LogP contribution in [0.1, 0.15) is 5.69 Å². The van der Waals surface area contributed by atoms with Gasteiger partial charge in [-0.15, -0.1) is 0 Å². The van der Waals surface area contributed by atoms with E-state index in [1.807, 2.05) is 6.07 Å². The standard InChI is InChI=1S/C20H15BrN2O5S/c1-27-19-6-3-14(21)11-18(19)23-17-5-4-16(10-13(17)2-7-20(23)24)29(25,26)12-15-8-9-28-22-15/h2-11H,12H2,1H3. The Morgan fingerprint density at radius 1 is 1.10 bits per heavy atom. The molecule has 0 aliphatic heterocycles. The van der Waals surface area contributed by atoms with Gasteiger partial charge in [-0.05, 0) is 42.5 Å². The quantitative estimate of drug-likeness (QED) is 0.437. The summed E-state index contributed by atoms with van der Waals surface area (Å²) in [5.74, 6) is 0.249. The summed E-state index contributed by atoms with van der Waals surface area (Å²) in [7, 11) is -2.10. The van der Waals surface area contributed by atoms with E-state index < -0.39 is 9.84 Å². The van der Waals surface area contributed by atoms with E-state index in [1.54, 1.807) is 30.3 Å². The first-order chi connectivity index (χ1) is 13.9. The molecule has 0 unspecified atom stereocenters. The van der Waals surface area contributed by atoms with Gasteiger partial charge >= 0.3 is 0 Å². The number of sulfone groups is 1. The molecule has 4 rings (SSSR count). The second-order valence-corrected chi connectivity index (χ2v) is 9.20. The Kier molecular flexibility index (Phi) is 5.01. The number of nitrogens with zero attached hydrogens (tertiary/aromatic N) is 2. The molecule has 2 heterocycles. The molecule has 0 saturated carbocycles. The van der Waals surface area contributed by atoms with Gasteiger partial charge in [-0.2, -0.15) is 0 Å². The molecule has 0 amide bonds. The van der Waals surface area contributed by atoms with Gasteiger partial charge in [-0.25, -0.2) is 8.42 Å². The molecular weight excluding hydrogens is 460 g/mol. The van der Waals surface area contributed by atoms with Crippen molar-refractivity contribution in [3.05, 3.63) is 81.4 Å².